The predicted octanol–water partition coefficient (Wildman–Crippen LogP) is 3.44. The van der Waals surface area contributed by atoms with Crippen molar-refractivity contribution in [1.82, 2.24) is 10.3 Å². The minimum atomic E-state index is 0.682. The van der Waals surface area contributed by atoms with Gasteiger partial charge in [0.1, 0.15) is 5.82 Å². The summed E-state index contributed by atoms with van der Waals surface area (Å²) in [6.45, 7) is 6.43. The number of para-hydroxylation sites is 1. The number of nitrogens with zero attached hydrogens (tertiary/aromatic N) is 2. The molecule has 0 aliphatic heterocycles. The Bertz CT molecular complexity index is 565. The molecular formula is C17H25N3. The molecule has 3 nitrogen and oxygen atoms in total. The van der Waals surface area contributed by atoms with Gasteiger partial charge in [-0.3, -0.25) is 0 Å². The number of hydrogen-bond acceptors (Lipinski definition) is 3. The fraction of sp³-hybridized carbons (Fsp3) is 0.471. The molecule has 0 spiro atoms. The maximum Gasteiger partial charge on any atom is 0.129 e. The highest BCUT2D eigenvalue weighted by Crippen LogP contribution is 2.23. The summed E-state index contributed by atoms with van der Waals surface area (Å²) < 4.78 is 0. The Hall–Kier alpha value is -1.61. The molecule has 1 aromatic heterocycles. The molecule has 0 bridgehead atoms. The lowest BCUT2D eigenvalue weighted by molar-refractivity contribution is 0.558. The zero-order valence-corrected chi connectivity index (χ0v) is 13.0. The number of aromatic nitrogens is 1. The van der Waals surface area contributed by atoms with Crippen molar-refractivity contribution in [3.05, 3.63) is 35.9 Å². The van der Waals surface area contributed by atoms with E-state index in [0.717, 1.165) is 24.4 Å². The van der Waals surface area contributed by atoms with Gasteiger partial charge in [0.15, 0.2) is 0 Å². The Kier molecular flexibility index (Phi) is 4.96. The van der Waals surface area contributed by atoms with Crippen LogP contribution >= 0.6 is 0 Å². The summed E-state index contributed by atoms with van der Waals surface area (Å²) in [5.41, 5.74) is 2.38. The van der Waals surface area contributed by atoms with Crippen LogP contribution in [0.5, 0.6) is 0 Å². The van der Waals surface area contributed by atoms with Crippen molar-refractivity contribution < 1.29 is 0 Å². The first kappa shape index (κ1) is 14.8. The van der Waals surface area contributed by atoms with E-state index in [9.17, 15) is 0 Å². The van der Waals surface area contributed by atoms with Gasteiger partial charge in [0.25, 0.3) is 0 Å². The van der Waals surface area contributed by atoms with E-state index in [1.807, 2.05) is 7.05 Å². The van der Waals surface area contributed by atoms with Crippen LogP contribution in [0.4, 0.5) is 5.82 Å². The zero-order chi connectivity index (χ0) is 14.5. The van der Waals surface area contributed by atoms with Crippen molar-refractivity contribution in [2.45, 2.75) is 26.8 Å². The second kappa shape index (κ2) is 6.71. The van der Waals surface area contributed by atoms with Crippen molar-refractivity contribution >= 4 is 16.7 Å². The van der Waals surface area contributed by atoms with Crippen molar-refractivity contribution in [3.63, 3.8) is 0 Å². The predicted molar refractivity (Wildman–Crippen MR) is 87.2 cm³/mol. The van der Waals surface area contributed by atoms with Gasteiger partial charge in [-0.1, -0.05) is 38.5 Å². The fourth-order valence-electron chi connectivity index (χ4n) is 2.45. The number of nitrogens with one attached hydrogen (secondary N) is 1. The maximum atomic E-state index is 4.80. The normalized spacial score (nSPS) is 12.6. The molecule has 20 heavy (non-hydrogen) atoms. The van der Waals surface area contributed by atoms with Crippen LogP contribution in [0.3, 0.4) is 0 Å². The summed E-state index contributed by atoms with van der Waals surface area (Å²) in [5, 5.41) is 4.49. The molecule has 0 radical (unpaired) electrons. The molecule has 0 amide bonds. The topological polar surface area (TPSA) is 28.2 Å². The number of fused-ring (bicyclic) bond motifs is 1. The van der Waals surface area contributed by atoms with Crippen LogP contribution in [0.2, 0.25) is 0 Å². The number of benzene rings is 1. The maximum absolute atomic E-state index is 4.80. The summed E-state index contributed by atoms with van der Waals surface area (Å²) in [7, 11) is 4.12. The number of anilines is 1. The van der Waals surface area contributed by atoms with E-state index in [-0.39, 0.29) is 0 Å². The highest BCUT2D eigenvalue weighted by Gasteiger charge is 2.10. The van der Waals surface area contributed by atoms with Crippen molar-refractivity contribution in [3.8, 4) is 0 Å². The molecule has 2 aromatic rings. The molecule has 0 aliphatic carbocycles. The highest BCUT2D eigenvalue weighted by atomic mass is 15.2. The Morgan fingerprint density at radius 3 is 2.75 bits per heavy atom. The second-order valence-corrected chi connectivity index (χ2v) is 5.58. The molecule has 0 aliphatic rings. The Balaban J connectivity index is 2.38. The minimum Gasteiger partial charge on any atom is -0.359 e. The summed E-state index contributed by atoms with van der Waals surface area (Å²) >= 11 is 0. The van der Waals surface area contributed by atoms with Crippen LogP contribution in [0, 0.1) is 5.92 Å². The third kappa shape index (κ3) is 3.28. The zero-order valence-electron chi connectivity index (χ0n) is 13.0. The Morgan fingerprint density at radius 1 is 1.30 bits per heavy atom. The molecule has 1 aromatic carbocycles. The lowest BCUT2D eigenvalue weighted by Gasteiger charge is -2.23. The van der Waals surface area contributed by atoms with E-state index in [2.05, 4.69) is 61.4 Å². The van der Waals surface area contributed by atoms with Crippen molar-refractivity contribution in [2.24, 2.45) is 5.92 Å². The summed E-state index contributed by atoms with van der Waals surface area (Å²) in [6, 6.07) is 10.6. The van der Waals surface area contributed by atoms with E-state index in [1.54, 1.807) is 0 Å². The van der Waals surface area contributed by atoms with Crippen LogP contribution in [-0.2, 0) is 6.54 Å². The molecule has 0 fully saturated rings. The first-order valence-electron chi connectivity index (χ1n) is 7.40. The third-order valence-corrected chi connectivity index (χ3v) is 3.83. The highest BCUT2D eigenvalue weighted by molar-refractivity contribution is 5.84. The van der Waals surface area contributed by atoms with E-state index >= 15 is 0 Å². The van der Waals surface area contributed by atoms with Crippen molar-refractivity contribution in [2.75, 3.05) is 25.5 Å². The van der Waals surface area contributed by atoms with Crippen LogP contribution in [0.1, 0.15) is 25.8 Å². The van der Waals surface area contributed by atoms with Crippen LogP contribution in [-0.4, -0.2) is 25.6 Å². The first-order chi connectivity index (χ1) is 9.65. The van der Waals surface area contributed by atoms with Crippen molar-refractivity contribution in [1.29, 1.82) is 0 Å². The van der Waals surface area contributed by atoms with E-state index < -0.39 is 0 Å². The van der Waals surface area contributed by atoms with Crippen LogP contribution in [0.15, 0.2) is 30.3 Å². The molecule has 1 atom stereocenters. The minimum absolute atomic E-state index is 0.682. The SMILES string of the molecule is CCC(C)CN(C)c1cc(CNC)c2ccccc2n1. The van der Waals surface area contributed by atoms with Gasteiger partial charge in [0, 0.05) is 25.5 Å². The lowest BCUT2D eigenvalue weighted by Crippen LogP contribution is -2.24. The summed E-state index contributed by atoms with van der Waals surface area (Å²) in [4.78, 5) is 7.07. The molecular weight excluding hydrogens is 246 g/mol. The van der Waals surface area contributed by atoms with Gasteiger partial charge in [-0.2, -0.15) is 0 Å². The average molecular weight is 271 g/mol. The molecule has 1 unspecified atom stereocenters. The second-order valence-electron chi connectivity index (χ2n) is 5.58. The molecule has 2 rings (SSSR count). The number of pyridine rings is 1. The van der Waals surface area contributed by atoms with E-state index in [0.29, 0.717) is 5.92 Å². The number of hydrogen-bond donors (Lipinski definition) is 1. The lowest BCUT2D eigenvalue weighted by atomic mass is 10.1. The molecule has 1 heterocycles. The largest absolute Gasteiger partial charge is 0.359 e. The van der Waals surface area contributed by atoms with Gasteiger partial charge < -0.3 is 10.2 Å². The Labute approximate surface area is 122 Å². The van der Waals surface area contributed by atoms with Crippen LogP contribution in [0.25, 0.3) is 10.9 Å². The molecule has 1 N–H and O–H groups in total. The van der Waals surface area contributed by atoms with Crippen LogP contribution < -0.4 is 10.2 Å². The van der Waals surface area contributed by atoms with Gasteiger partial charge in [0.2, 0.25) is 0 Å². The molecule has 0 saturated carbocycles. The van der Waals surface area contributed by atoms with Gasteiger partial charge in [-0.25, -0.2) is 4.98 Å². The molecule has 0 saturated heterocycles. The summed E-state index contributed by atoms with van der Waals surface area (Å²) in [6.07, 6.45) is 1.20. The fourth-order valence-corrected chi connectivity index (χ4v) is 2.45. The quantitative estimate of drug-likeness (QED) is 0.872. The van der Waals surface area contributed by atoms with E-state index in [4.69, 9.17) is 4.98 Å². The average Bonchev–Trinajstić information content (AvgIpc) is 2.47. The van der Waals surface area contributed by atoms with Gasteiger partial charge >= 0.3 is 0 Å². The third-order valence-electron chi connectivity index (χ3n) is 3.83. The first-order valence-corrected chi connectivity index (χ1v) is 7.40. The standard InChI is InChI=1S/C17H25N3/c1-5-13(2)12-20(4)17-10-14(11-18-3)15-8-6-7-9-16(15)19-17/h6-10,13,18H,5,11-12H2,1-4H3. The van der Waals surface area contributed by atoms with Gasteiger partial charge in [0.05, 0.1) is 5.52 Å². The smallest absolute Gasteiger partial charge is 0.129 e. The molecule has 108 valence electrons. The summed E-state index contributed by atoms with van der Waals surface area (Å²) in [5.74, 6) is 1.75. The monoisotopic (exact) mass is 271 g/mol. The van der Waals surface area contributed by atoms with Gasteiger partial charge in [-0.15, -0.1) is 0 Å². The Morgan fingerprint density at radius 2 is 2.05 bits per heavy atom. The number of rotatable bonds is 6. The molecule has 3 heteroatoms. The van der Waals surface area contributed by atoms with E-state index in [1.165, 1.54) is 17.4 Å². The van der Waals surface area contributed by atoms with Gasteiger partial charge in [-0.05, 0) is 30.7 Å².